The van der Waals surface area contributed by atoms with Crippen LogP contribution in [-0.2, 0) is 0 Å². The monoisotopic (exact) mass is 293 g/mol. The van der Waals surface area contributed by atoms with Gasteiger partial charge in [-0.3, -0.25) is 4.79 Å². The zero-order valence-corrected chi connectivity index (χ0v) is 11.2. The van der Waals surface area contributed by atoms with Crippen LogP contribution in [0.3, 0.4) is 0 Å². The van der Waals surface area contributed by atoms with Crippen LogP contribution in [0, 0.1) is 0 Å². The third-order valence-electron chi connectivity index (χ3n) is 3.04. The van der Waals surface area contributed by atoms with Gasteiger partial charge in [-0.15, -0.1) is 0 Å². The summed E-state index contributed by atoms with van der Waals surface area (Å²) in [5.74, 6) is -2.11. The van der Waals surface area contributed by atoms with Crippen LogP contribution in [-0.4, -0.2) is 21.9 Å². The predicted molar refractivity (Wildman–Crippen MR) is 73.9 cm³/mol. The van der Waals surface area contributed by atoms with E-state index in [1.165, 1.54) is 18.2 Å². The highest BCUT2D eigenvalue weighted by molar-refractivity contribution is 6.11. The van der Waals surface area contributed by atoms with E-state index in [-0.39, 0.29) is 22.8 Å². The lowest BCUT2D eigenvalue weighted by molar-refractivity contribution is -0.255. The number of nitrogens with zero attached hydrogens (tertiary/aromatic N) is 2. The quantitative estimate of drug-likeness (QED) is 0.673. The minimum Gasteiger partial charge on any atom is -0.545 e. The number of hydrogen-bond donors (Lipinski definition) is 0. The molecule has 6 heteroatoms. The molecule has 0 fully saturated rings. The third kappa shape index (κ3) is 2.49. The van der Waals surface area contributed by atoms with Gasteiger partial charge in [0.15, 0.2) is 0 Å². The zero-order valence-electron chi connectivity index (χ0n) is 11.2. The van der Waals surface area contributed by atoms with Gasteiger partial charge in [-0.1, -0.05) is 59.8 Å². The maximum atomic E-state index is 12.3. The lowest BCUT2D eigenvalue weighted by Gasteiger charge is -2.06. The molecule has 0 saturated heterocycles. The summed E-state index contributed by atoms with van der Waals surface area (Å²) in [5, 5.41) is 14.8. The van der Waals surface area contributed by atoms with Crippen molar-refractivity contribution in [3.05, 3.63) is 71.6 Å². The lowest BCUT2D eigenvalue weighted by atomic mass is 10.0. The molecule has 1 aromatic heterocycles. The molecule has 0 bridgehead atoms. The summed E-state index contributed by atoms with van der Waals surface area (Å²) < 4.78 is 4.95. The molecule has 6 nitrogen and oxygen atoms in total. The molecule has 3 aromatic rings. The number of benzene rings is 2. The molecule has 1 heterocycles. The summed E-state index contributed by atoms with van der Waals surface area (Å²) in [6.45, 7) is 0. The Morgan fingerprint density at radius 2 is 1.55 bits per heavy atom. The van der Waals surface area contributed by atoms with Gasteiger partial charge in [-0.05, 0) is 0 Å². The number of rotatable bonds is 4. The smallest absolute Gasteiger partial charge is 0.299 e. The van der Waals surface area contributed by atoms with Crippen LogP contribution in [0.15, 0.2) is 59.1 Å². The highest BCUT2D eigenvalue weighted by atomic mass is 16.5. The third-order valence-corrected chi connectivity index (χ3v) is 3.04. The molecule has 22 heavy (non-hydrogen) atoms. The van der Waals surface area contributed by atoms with Crippen LogP contribution < -0.4 is 5.11 Å². The minimum absolute atomic E-state index is 0.0502. The second-order valence-corrected chi connectivity index (χ2v) is 4.45. The van der Waals surface area contributed by atoms with Crippen molar-refractivity contribution in [1.82, 2.24) is 10.1 Å². The molecule has 0 aliphatic carbocycles. The van der Waals surface area contributed by atoms with Crippen LogP contribution in [0.25, 0.3) is 11.4 Å². The van der Waals surface area contributed by atoms with Gasteiger partial charge >= 0.3 is 0 Å². The topological polar surface area (TPSA) is 96.1 Å². The maximum Gasteiger partial charge on any atom is 0.299 e. The zero-order chi connectivity index (χ0) is 15.5. The predicted octanol–water partition coefficient (Wildman–Crippen LogP) is 1.33. The van der Waals surface area contributed by atoms with Crippen molar-refractivity contribution in [2.24, 2.45) is 0 Å². The Labute approximate surface area is 125 Å². The number of hydrogen-bond acceptors (Lipinski definition) is 6. The Kier molecular flexibility index (Phi) is 3.49. The number of carboxylic acids is 1. The molecule has 2 aromatic carbocycles. The first-order chi connectivity index (χ1) is 10.7. The highest BCUT2D eigenvalue weighted by Gasteiger charge is 2.20. The average Bonchev–Trinajstić information content (AvgIpc) is 3.05. The molecular formula is C16H9N2O4-. The fourth-order valence-electron chi connectivity index (χ4n) is 1.99. The molecule has 0 aliphatic rings. The largest absolute Gasteiger partial charge is 0.545 e. The molecule has 3 rings (SSSR count). The Balaban J connectivity index is 1.98. The number of aromatic carboxylic acids is 1. The summed E-state index contributed by atoms with van der Waals surface area (Å²) in [6.07, 6.45) is 0. The number of ketones is 1. The number of aromatic nitrogens is 2. The number of carboxylic acid groups (broad SMARTS) is 1. The fourth-order valence-corrected chi connectivity index (χ4v) is 1.99. The van der Waals surface area contributed by atoms with Crippen molar-refractivity contribution >= 4 is 11.8 Å². The summed E-state index contributed by atoms with van der Waals surface area (Å²) in [4.78, 5) is 27.4. The van der Waals surface area contributed by atoms with Gasteiger partial charge in [0.2, 0.25) is 5.82 Å². The van der Waals surface area contributed by atoms with E-state index in [0.717, 1.165) is 0 Å². The van der Waals surface area contributed by atoms with Gasteiger partial charge < -0.3 is 14.4 Å². The van der Waals surface area contributed by atoms with Crippen LogP contribution >= 0.6 is 0 Å². The molecule has 0 N–H and O–H groups in total. The van der Waals surface area contributed by atoms with E-state index < -0.39 is 11.8 Å². The molecule has 108 valence electrons. The van der Waals surface area contributed by atoms with Crippen molar-refractivity contribution in [1.29, 1.82) is 0 Å². The van der Waals surface area contributed by atoms with E-state index in [0.29, 0.717) is 5.56 Å². The van der Waals surface area contributed by atoms with E-state index >= 15 is 0 Å². The van der Waals surface area contributed by atoms with Crippen molar-refractivity contribution in [3.63, 3.8) is 0 Å². The molecule has 0 radical (unpaired) electrons. The highest BCUT2D eigenvalue weighted by Crippen LogP contribution is 2.18. The minimum atomic E-state index is -1.44. The molecule has 0 amide bonds. The lowest BCUT2D eigenvalue weighted by Crippen LogP contribution is -2.25. The van der Waals surface area contributed by atoms with Crippen LogP contribution in [0.1, 0.15) is 26.6 Å². The Morgan fingerprint density at radius 1 is 0.909 bits per heavy atom. The Hall–Kier alpha value is -3.28. The number of carbonyl (C=O) groups excluding carboxylic acids is 2. The number of carbonyl (C=O) groups is 2. The molecule has 0 spiro atoms. The Morgan fingerprint density at radius 3 is 2.23 bits per heavy atom. The average molecular weight is 293 g/mol. The van der Waals surface area contributed by atoms with Gasteiger partial charge in [0.1, 0.15) is 0 Å². The van der Waals surface area contributed by atoms with E-state index in [2.05, 4.69) is 10.1 Å². The fraction of sp³-hybridized carbons (Fsp3) is 0. The summed E-state index contributed by atoms with van der Waals surface area (Å²) >= 11 is 0. The SMILES string of the molecule is O=C([O-])c1ccccc1C(=O)c1nc(-c2ccccc2)no1. The van der Waals surface area contributed by atoms with Crippen molar-refractivity contribution in [2.75, 3.05) is 0 Å². The van der Waals surface area contributed by atoms with Gasteiger partial charge in [-0.2, -0.15) is 4.98 Å². The van der Waals surface area contributed by atoms with E-state index in [9.17, 15) is 14.7 Å². The normalized spacial score (nSPS) is 10.4. The van der Waals surface area contributed by atoms with Crippen LogP contribution in [0.5, 0.6) is 0 Å². The van der Waals surface area contributed by atoms with Gasteiger partial charge in [0.25, 0.3) is 11.7 Å². The summed E-state index contributed by atoms with van der Waals surface area (Å²) in [6, 6.07) is 14.7. The van der Waals surface area contributed by atoms with Gasteiger partial charge in [0, 0.05) is 16.7 Å². The molecule has 0 aliphatic heterocycles. The summed E-state index contributed by atoms with van der Waals surface area (Å²) in [7, 11) is 0. The van der Waals surface area contributed by atoms with Gasteiger partial charge in [-0.25, -0.2) is 0 Å². The molecular weight excluding hydrogens is 284 g/mol. The molecule has 0 saturated carbocycles. The van der Waals surface area contributed by atoms with Crippen molar-refractivity contribution in [3.8, 4) is 11.4 Å². The van der Waals surface area contributed by atoms with E-state index in [1.54, 1.807) is 30.3 Å². The van der Waals surface area contributed by atoms with Crippen LogP contribution in [0.4, 0.5) is 0 Å². The first kappa shape index (κ1) is 13.7. The first-order valence-electron chi connectivity index (χ1n) is 6.41. The van der Waals surface area contributed by atoms with Crippen molar-refractivity contribution in [2.45, 2.75) is 0 Å². The molecule has 0 atom stereocenters. The standard InChI is InChI=1S/C16H10N2O4/c19-13(11-8-4-5-9-12(11)16(20)21)15-17-14(18-22-15)10-6-2-1-3-7-10/h1-9H,(H,20,21)/p-1. The first-order valence-corrected chi connectivity index (χ1v) is 6.41. The van der Waals surface area contributed by atoms with Gasteiger partial charge in [0.05, 0.1) is 5.97 Å². The van der Waals surface area contributed by atoms with E-state index in [1.807, 2.05) is 6.07 Å². The molecule has 0 unspecified atom stereocenters. The maximum absolute atomic E-state index is 12.3. The Bertz CT molecular complexity index is 840. The van der Waals surface area contributed by atoms with Crippen LogP contribution in [0.2, 0.25) is 0 Å². The summed E-state index contributed by atoms with van der Waals surface area (Å²) in [5.41, 5.74) is 0.427. The van der Waals surface area contributed by atoms with Crippen molar-refractivity contribution < 1.29 is 19.2 Å². The second kappa shape index (κ2) is 5.61. The second-order valence-electron chi connectivity index (χ2n) is 4.45. The van der Waals surface area contributed by atoms with E-state index in [4.69, 9.17) is 4.52 Å².